The van der Waals surface area contributed by atoms with Gasteiger partial charge in [-0.3, -0.25) is 14.9 Å². The summed E-state index contributed by atoms with van der Waals surface area (Å²) in [5.41, 5.74) is 3.79. The minimum absolute atomic E-state index is 0.114. The van der Waals surface area contributed by atoms with Crippen LogP contribution in [0.2, 0.25) is 0 Å². The average molecular weight is 380 g/mol. The second kappa shape index (κ2) is 7.51. The molecule has 0 aromatic heterocycles. The van der Waals surface area contributed by atoms with Crippen LogP contribution in [0.25, 0.3) is 0 Å². The van der Waals surface area contributed by atoms with Gasteiger partial charge in [-0.05, 0) is 49.6 Å². The number of allylic oxidation sites excluding steroid dienone is 1. The third-order valence-corrected chi connectivity index (χ3v) is 4.69. The molecule has 1 atom stereocenters. The van der Waals surface area contributed by atoms with Crippen molar-refractivity contribution in [3.05, 3.63) is 80.5 Å². The fraction of sp³-hybridized carbons (Fsp3) is 0.200. The summed E-state index contributed by atoms with van der Waals surface area (Å²) in [5.74, 6) is -0.398. The highest BCUT2D eigenvalue weighted by molar-refractivity contribution is 6.06. The first kappa shape index (κ1) is 19.1. The summed E-state index contributed by atoms with van der Waals surface area (Å²) in [6, 6.07) is 10.2. The van der Waals surface area contributed by atoms with Gasteiger partial charge in [-0.25, -0.2) is 4.79 Å². The number of aryl methyl sites for hydroxylation is 2. The molecule has 144 valence electrons. The van der Waals surface area contributed by atoms with Crippen LogP contribution in [0.5, 0.6) is 0 Å². The molecular formula is C20H20N4O4. The summed E-state index contributed by atoms with van der Waals surface area (Å²) in [6.07, 6.45) is 0. The van der Waals surface area contributed by atoms with E-state index in [1.807, 2.05) is 26.0 Å². The van der Waals surface area contributed by atoms with Crippen molar-refractivity contribution in [3.8, 4) is 0 Å². The lowest BCUT2D eigenvalue weighted by Crippen LogP contribution is -2.46. The van der Waals surface area contributed by atoms with Crippen molar-refractivity contribution < 1.29 is 14.5 Å². The highest BCUT2D eigenvalue weighted by Crippen LogP contribution is 2.30. The molecule has 1 aliphatic heterocycles. The van der Waals surface area contributed by atoms with Crippen LogP contribution >= 0.6 is 0 Å². The number of hydrogen-bond donors (Lipinski definition) is 3. The molecule has 2 aromatic rings. The van der Waals surface area contributed by atoms with Crippen molar-refractivity contribution in [2.24, 2.45) is 0 Å². The number of hydrogen-bond acceptors (Lipinski definition) is 4. The SMILES string of the molecule is CC1=C(C(=O)Nc2ccc(C)c(C)c2)[C@H](c2cccc([N+](=O)[O-])c2)NC(=O)N1. The number of urea groups is 1. The lowest BCUT2D eigenvalue weighted by atomic mass is 9.94. The zero-order chi connectivity index (χ0) is 20.4. The van der Waals surface area contributed by atoms with E-state index in [1.54, 1.807) is 19.1 Å². The van der Waals surface area contributed by atoms with Gasteiger partial charge in [0.05, 0.1) is 16.5 Å². The Morgan fingerprint density at radius 1 is 1.11 bits per heavy atom. The van der Waals surface area contributed by atoms with E-state index in [2.05, 4.69) is 16.0 Å². The van der Waals surface area contributed by atoms with Gasteiger partial charge in [0.15, 0.2) is 0 Å². The highest BCUT2D eigenvalue weighted by Gasteiger charge is 2.32. The van der Waals surface area contributed by atoms with E-state index in [1.165, 1.54) is 18.2 Å². The normalized spacial score (nSPS) is 16.2. The smallest absolute Gasteiger partial charge is 0.319 e. The second-order valence-corrected chi connectivity index (χ2v) is 6.68. The molecule has 0 bridgehead atoms. The van der Waals surface area contributed by atoms with Gasteiger partial charge in [0.2, 0.25) is 0 Å². The fourth-order valence-electron chi connectivity index (χ4n) is 3.08. The Kier molecular flexibility index (Phi) is 5.12. The molecule has 3 rings (SSSR count). The van der Waals surface area contributed by atoms with Crippen LogP contribution in [0, 0.1) is 24.0 Å². The fourth-order valence-corrected chi connectivity index (χ4v) is 3.08. The van der Waals surface area contributed by atoms with E-state index in [9.17, 15) is 19.7 Å². The van der Waals surface area contributed by atoms with Gasteiger partial charge in [-0.2, -0.15) is 0 Å². The van der Waals surface area contributed by atoms with E-state index in [-0.39, 0.29) is 5.69 Å². The number of amides is 3. The summed E-state index contributed by atoms with van der Waals surface area (Å²) in [5, 5.41) is 19.2. The maximum Gasteiger partial charge on any atom is 0.319 e. The van der Waals surface area contributed by atoms with E-state index >= 15 is 0 Å². The lowest BCUT2D eigenvalue weighted by Gasteiger charge is -2.28. The molecule has 1 heterocycles. The number of nitrogens with zero attached hydrogens (tertiary/aromatic N) is 1. The molecule has 3 N–H and O–H groups in total. The van der Waals surface area contributed by atoms with E-state index in [4.69, 9.17) is 0 Å². The van der Waals surface area contributed by atoms with E-state index in [0.717, 1.165) is 11.1 Å². The molecule has 2 aromatic carbocycles. The molecule has 8 nitrogen and oxygen atoms in total. The third kappa shape index (κ3) is 3.85. The topological polar surface area (TPSA) is 113 Å². The first-order valence-corrected chi connectivity index (χ1v) is 8.67. The van der Waals surface area contributed by atoms with Gasteiger partial charge in [0.25, 0.3) is 11.6 Å². The van der Waals surface area contributed by atoms with Gasteiger partial charge in [0, 0.05) is 23.5 Å². The van der Waals surface area contributed by atoms with Crippen molar-refractivity contribution in [2.45, 2.75) is 26.8 Å². The van der Waals surface area contributed by atoms with Crippen molar-refractivity contribution in [1.82, 2.24) is 10.6 Å². The van der Waals surface area contributed by atoms with Crippen LogP contribution in [-0.2, 0) is 4.79 Å². The minimum atomic E-state index is -0.805. The number of rotatable bonds is 4. The van der Waals surface area contributed by atoms with Crippen LogP contribution in [-0.4, -0.2) is 16.9 Å². The molecule has 8 heteroatoms. The zero-order valence-electron chi connectivity index (χ0n) is 15.7. The van der Waals surface area contributed by atoms with Crippen LogP contribution in [0.15, 0.2) is 53.7 Å². The predicted molar refractivity (Wildman–Crippen MR) is 105 cm³/mol. The maximum atomic E-state index is 13.0. The number of carbonyl (C=O) groups is 2. The third-order valence-electron chi connectivity index (χ3n) is 4.69. The summed E-state index contributed by atoms with van der Waals surface area (Å²) in [6.45, 7) is 5.55. The average Bonchev–Trinajstić information content (AvgIpc) is 2.64. The largest absolute Gasteiger partial charge is 0.327 e. The number of nitro benzene ring substituents is 1. The Hall–Kier alpha value is -3.68. The Morgan fingerprint density at radius 2 is 1.86 bits per heavy atom. The molecule has 1 aliphatic rings. The summed E-state index contributed by atoms with van der Waals surface area (Å²) in [7, 11) is 0. The van der Waals surface area contributed by atoms with Gasteiger partial charge < -0.3 is 16.0 Å². The molecule has 0 saturated carbocycles. The Labute approximate surface area is 161 Å². The minimum Gasteiger partial charge on any atom is -0.327 e. The molecule has 0 unspecified atom stereocenters. The Balaban J connectivity index is 1.97. The Bertz CT molecular complexity index is 1010. The van der Waals surface area contributed by atoms with E-state index < -0.39 is 22.9 Å². The number of nitrogens with one attached hydrogen (secondary N) is 3. The van der Waals surface area contributed by atoms with Crippen LogP contribution in [0.4, 0.5) is 16.2 Å². The van der Waals surface area contributed by atoms with Gasteiger partial charge in [-0.15, -0.1) is 0 Å². The van der Waals surface area contributed by atoms with Crippen molar-refractivity contribution >= 4 is 23.3 Å². The molecule has 0 fully saturated rings. The van der Waals surface area contributed by atoms with Crippen molar-refractivity contribution in [1.29, 1.82) is 0 Å². The molecule has 0 radical (unpaired) electrons. The molecule has 0 aliphatic carbocycles. The molecule has 3 amide bonds. The number of carbonyl (C=O) groups excluding carboxylic acids is 2. The first-order chi connectivity index (χ1) is 13.3. The monoisotopic (exact) mass is 380 g/mol. The van der Waals surface area contributed by atoms with Gasteiger partial charge >= 0.3 is 6.03 Å². The summed E-state index contributed by atoms with van der Waals surface area (Å²) < 4.78 is 0. The van der Waals surface area contributed by atoms with Crippen LogP contribution in [0.3, 0.4) is 0 Å². The van der Waals surface area contributed by atoms with Crippen LogP contribution < -0.4 is 16.0 Å². The molecular weight excluding hydrogens is 360 g/mol. The van der Waals surface area contributed by atoms with Crippen molar-refractivity contribution in [3.63, 3.8) is 0 Å². The van der Waals surface area contributed by atoms with Crippen molar-refractivity contribution in [2.75, 3.05) is 5.32 Å². The Morgan fingerprint density at radius 3 is 2.54 bits per heavy atom. The highest BCUT2D eigenvalue weighted by atomic mass is 16.6. The second-order valence-electron chi connectivity index (χ2n) is 6.68. The maximum absolute atomic E-state index is 13.0. The summed E-state index contributed by atoms with van der Waals surface area (Å²) in [4.78, 5) is 35.5. The number of anilines is 1. The standard InChI is InChI=1S/C20H20N4O4/c1-11-7-8-15(9-12(11)2)22-19(25)17-13(3)21-20(26)23-18(17)14-5-4-6-16(10-14)24(27)28/h4-10,18H,1-3H3,(H,22,25)(H2,21,23,26)/t18-/m0/s1. The van der Waals surface area contributed by atoms with E-state index in [0.29, 0.717) is 22.5 Å². The molecule has 28 heavy (non-hydrogen) atoms. The van der Waals surface area contributed by atoms with Crippen LogP contribution in [0.1, 0.15) is 29.7 Å². The molecule has 0 saturated heterocycles. The number of non-ortho nitro benzene ring substituents is 1. The number of benzene rings is 2. The summed E-state index contributed by atoms with van der Waals surface area (Å²) >= 11 is 0. The van der Waals surface area contributed by atoms with Gasteiger partial charge in [0.1, 0.15) is 0 Å². The predicted octanol–water partition coefficient (Wildman–Crippen LogP) is 3.48. The molecule has 0 spiro atoms. The first-order valence-electron chi connectivity index (χ1n) is 8.67. The van der Waals surface area contributed by atoms with Gasteiger partial charge in [-0.1, -0.05) is 18.2 Å². The lowest BCUT2D eigenvalue weighted by molar-refractivity contribution is -0.384. The number of nitro groups is 1. The zero-order valence-corrected chi connectivity index (χ0v) is 15.7. The quantitative estimate of drug-likeness (QED) is 0.556.